The number of rotatable bonds is 8. The van der Waals surface area contributed by atoms with Gasteiger partial charge < -0.3 is 19.9 Å². The van der Waals surface area contributed by atoms with Crippen molar-refractivity contribution >= 4 is 44.7 Å². The molecule has 204 valence electrons. The summed E-state index contributed by atoms with van der Waals surface area (Å²) < 4.78 is 6.80. The summed E-state index contributed by atoms with van der Waals surface area (Å²) in [6.07, 6.45) is 5.88. The fraction of sp³-hybridized carbons (Fsp3) is 0.355. The number of hydrogen-bond donors (Lipinski definition) is 1. The summed E-state index contributed by atoms with van der Waals surface area (Å²) in [4.78, 5) is 23.7. The van der Waals surface area contributed by atoms with Crippen LogP contribution < -0.4 is 10.1 Å². The lowest BCUT2D eigenvalue weighted by molar-refractivity contribution is 0.0573. The number of fused-ring (bicyclic) bond motifs is 1. The molecule has 1 N–H and O–H groups in total. The van der Waals surface area contributed by atoms with Crippen LogP contribution in [0.25, 0.3) is 21.2 Å². The number of aromatic nitrogens is 1. The van der Waals surface area contributed by atoms with Crippen LogP contribution in [0.15, 0.2) is 60.8 Å². The van der Waals surface area contributed by atoms with E-state index in [9.17, 15) is 4.79 Å². The Balaban J connectivity index is 1.51. The largest absolute Gasteiger partial charge is 0.496 e. The van der Waals surface area contributed by atoms with Crippen LogP contribution in [0.1, 0.15) is 40.9 Å². The number of amides is 1. The van der Waals surface area contributed by atoms with Crippen molar-refractivity contribution in [3.63, 3.8) is 0 Å². The highest BCUT2D eigenvalue weighted by atomic mass is 35.5. The number of nitrogens with zero attached hydrogens (tertiary/aromatic N) is 3. The molecule has 1 aliphatic rings. The first-order valence-corrected chi connectivity index (χ1v) is 14.5. The van der Waals surface area contributed by atoms with E-state index in [4.69, 9.17) is 16.3 Å². The van der Waals surface area contributed by atoms with E-state index in [1.165, 1.54) is 11.3 Å². The summed E-state index contributed by atoms with van der Waals surface area (Å²) >= 11 is 8.29. The topological polar surface area (TPSA) is 57.7 Å². The zero-order valence-electron chi connectivity index (χ0n) is 22.9. The minimum absolute atomic E-state index is 0.0120. The number of ether oxygens (including phenoxy) is 1. The molecule has 1 aliphatic carbocycles. The molecule has 8 heteroatoms. The van der Waals surface area contributed by atoms with E-state index in [1.807, 2.05) is 66.7 Å². The summed E-state index contributed by atoms with van der Waals surface area (Å²) in [5.41, 5.74) is 3.01. The molecule has 2 aromatic heterocycles. The Morgan fingerprint density at radius 2 is 1.77 bits per heavy atom. The first-order valence-electron chi connectivity index (χ1n) is 13.3. The molecule has 0 unspecified atom stereocenters. The molecule has 39 heavy (non-hydrogen) atoms. The van der Waals surface area contributed by atoms with Crippen LogP contribution in [0.3, 0.4) is 0 Å². The lowest BCUT2D eigenvalue weighted by Crippen LogP contribution is -2.44. The monoisotopic (exact) mass is 562 g/mol. The number of carbonyl (C=O) groups excluding carboxylic acids is 1. The van der Waals surface area contributed by atoms with Crippen molar-refractivity contribution < 1.29 is 9.53 Å². The van der Waals surface area contributed by atoms with E-state index in [0.717, 1.165) is 64.0 Å². The summed E-state index contributed by atoms with van der Waals surface area (Å²) in [7, 11) is 7.81. The molecule has 5 rings (SSSR count). The van der Waals surface area contributed by atoms with Gasteiger partial charge in [-0.25, -0.2) is 4.98 Å². The zero-order chi connectivity index (χ0) is 27.5. The number of benzene rings is 2. The fourth-order valence-electron chi connectivity index (χ4n) is 5.51. The maximum absolute atomic E-state index is 14.3. The highest BCUT2D eigenvalue weighted by molar-refractivity contribution is 7.21. The van der Waals surface area contributed by atoms with E-state index in [0.29, 0.717) is 22.5 Å². The molecular formula is C31H35ClN4O2S. The Morgan fingerprint density at radius 3 is 2.41 bits per heavy atom. The molecule has 4 aromatic rings. The molecule has 0 bridgehead atoms. The maximum atomic E-state index is 14.3. The molecule has 1 saturated carbocycles. The number of anilines is 1. The van der Waals surface area contributed by atoms with Crippen LogP contribution in [0.4, 0.5) is 5.82 Å². The van der Waals surface area contributed by atoms with Crippen molar-refractivity contribution in [2.24, 2.45) is 0 Å². The lowest BCUT2D eigenvalue weighted by Gasteiger charge is -2.39. The van der Waals surface area contributed by atoms with Crippen molar-refractivity contribution in [3.05, 3.63) is 76.3 Å². The second-order valence-corrected chi connectivity index (χ2v) is 11.7. The van der Waals surface area contributed by atoms with Gasteiger partial charge in [0.1, 0.15) is 16.4 Å². The van der Waals surface area contributed by atoms with E-state index in [-0.39, 0.29) is 11.9 Å². The summed E-state index contributed by atoms with van der Waals surface area (Å²) in [6.45, 7) is 0.444. The van der Waals surface area contributed by atoms with E-state index in [2.05, 4.69) is 35.4 Å². The van der Waals surface area contributed by atoms with Gasteiger partial charge in [0, 0.05) is 53.1 Å². The molecule has 6 nitrogen and oxygen atoms in total. The van der Waals surface area contributed by atoms with Crippen LogP contribution in [0.2, 0.25) is 5.02 Å². The van der Waals surface area contributed by atoms with Crippen LogP contribution >= 0.6 is 22.9 Å². The molecular weight excluding hydrogens is 528 g/mol. The average Bonchev–Trinajstić information content (AvgIpc) is 3.32. The van der Waals surface area contributed by atoms with Crippen LogP contribution in [-0.2, 0) is 6.54 Å². The number of methoxy groups -OCH3 is 1. The van der Waals surface area contributed by atoms with Gasteiger partial charge in [-0.1, -0.05) is 35.9 Å². The molecule has 1 amide bonds. The zero-order valence-corrected chi connectivity index (χ0v) is 24.5. The molecule has 2 heterocycles. The average molecular weight is 563 g/mol. The second kappa shape index (κ2) is 11.9. The second-order valence-electron chi connectivity index (χ2n) is 10.3. The lowest BCUT2D eigenvalue weighted by atomic mass is 9.89. The third kappa shape index (κ3) is 5.76. The highest BCUT2D eigenvalue weighted by Gasteiger charge is 2.33. The quantitative estimate of drug-likeness (QED) is 0.246. The van der Waals surface area contributed by atoms with Crippen molar-refractivity contribution in [2.45, 2.75) is 44.3 Å². The minimum Gasteiger partial charge on any atom is -0.496 e. The predicted molar refractivity (Wildman–Crippen MR) is 162 cm³/mol. The first-order chi connectivity index (χ1) is 18.9. The Hall–Kier alpha value is -3.13. The van der Waals surface area contributed by atoms with E-state index in [1.54, 1.807) is 7.11 Å². The Labute approximate surface area is 239 Å². The molecule has 0 saturated heterocycles. The Morgan fingerprint density at radius 1 is 1.05 bits per heavy atom. The van der Waals surface area contributed by atoms with Crippen molar-refractivity contribution in [2.75, 3.05) is 33.6 Å². The molecule has 0 aliphatic heterocycles. The van der Waals surface area contributed by atoms with E-state index >= 15 is 0 Å². The van der Waals surface area contributed by atoms with Gasteiger partial charge in [0.2, 0.25) is 0 Å². The van der Waals surface area contributed by atoms with Crippen molar-refractivity contribution in [3.8, 4) is 16.9 Å². The minimum atomic E-state index is -0.0120. The van der Waals surface area contributed by atoms with Crippen LogP contribution in [-0.4, -0.2) is 61.0 Å². The molecule has 2 aromatic carbocycles. The Kier molecular flexibility index (Phi) is 8.40. The van der Waals surface area contributed by atoms with Gasteiger partial charge in [-0.15, -0.1) is 11.3 Å². The van der Waals surface area contributed by atoms with Gasteiger partial charge in [0.25, 0.3) is 5.91 Å². The summed E-state index contributed by atoms with van der Waals surface area (Å²) in [5.74, 6) is 1.57. The van der Waals surface area contributed by atoms with Gasteiger partial charge in [0.05, 0.1) is 12.1 Å². The number of halogens is 1. The predicted octanol–water partition coefficient (Wildman–Crippen LogP) is 7.18. The number of hydrogen-bond acceptors (Lipinski definition) is 6. The van der Waals surface area contributed by atoms with Crippen molar-refractivity contribution in [1.29, 1.82) is 0 Å². The van der Waals surface area contributed by atoms with Gasteiger partial charge in [0.15, 0.2) is 0 Å². The highest BCUT2D eigenvalue weighted by Crippen LogP contribution is 2.38. The van der Waals surface area contributed by atoms with Gasteiger partial charge in [-0.05, 0) is 75.7 Å². The number of carbonyl (C=O) groups is 1. The molecule has 0 spiro atoms. The van der Waals surface area contributed by atoms with Crippen LogP contribution in [0, 0.1) is 0 Å². The summed E-state index contributed by atoms with van der Waals surface area (Å²) in [5, 5.41) is 4.54. The third-order valence-electron chi connectivity index (χ3n) is 7.80. The molecule has 1 fully saturated rings. The number of pyridine rings is 1. The number of nitrogens with one attached hydrogen (secondary N) is 1. The molecule has 0 atom stereocenters. The third-order valence-corrected chi connectivity index (χ3v) is 9.46. The SMILES string of the molecule is CNc1ccc(-c2ccc(OC)c(CN(C(=O)c3sc4ccccc4c3Cl)C3CCC(N(C)C)CC3)c2)cn1. The van der Waals surface area contributed by atoms with Gasteiger partial charge in [-0.3, -0.25) is 4.79 Å². The smallest absolute Gasteiger partial charge is 0.266 e. The van der Waals surface area contributed by atoms with Crippen LogP contribution in [0.5, 0.6) is 5.75 Å². The fourth-order valence-corrected chi connectivity index (χ4v) is 6.98. The first kappa shape index (κ1) is 27.4. The van der Waals surface area contributed by atoms with Gasteiger partial charge in [-0.2, -0.15) is 0 Å². The standard InChI is InChI=1S/C31H35ClN4O2S/c1-33-28-16-10-21(18-34-28)20-9-15-26(38-4)22(17-20)19-36(24-13-11-23(12-14-24)35(2)3)31(37)30-29(32)25-7-5-6-8-27(25)39-30/h5-10,15-18,23-24H,11-14,19H2,1-4H3,(H,33,34). The molecule has 0 radical (unpaired) electrons. The normalized spacial score (nSPS) is 17.4. The maximum Gasteiger partial charge on any atom is 0.266 e. The van der Waals surface area contributed by atoms with Gasteiger partial charge >= 0.3 is 0 Å². The van der Waals surface area contributed by atoms with Crippen molar-refractivity contribution in [1.82, 2.24) is 14.8 Å². The Bertz CT molecular complexity index is 1450. The number of thiophene rings is 1. The summed E-state index contributed by atoms with van der Waals surface area (Å²) in [6, 6.07) is 18.8. The van der Waals surface area contributed by atoms with E-state index < -0.39 is 0 Å².